The highest BCUT2D eigenvalue weighted by molar-refractivity contribution is 5.35. The zero-order chi connectivity index (χ0) is 15.1. The topological polar surface area (TPSA) is 45.0 Å². The van der Waals surface area contributed by atoms with E-state index < -0.39 is 5.82 Å². The number of rotatable bonds is 6. The second kappa shape index (κ2) is 7.41. The minimum absolute atomic E-state index is 0.0765. The first-order valence-corrected chi connectivity index (χ1v) is 6.84. The number of nitrogens with one attached hydrogen (secondary N) is 1. The second-order valence-electron chi connectivity index (χ2n) is 4.57. The molecule has 0 saturated carbocycles. The van der Waals surface area contributed by atoms with Crippen LogP contribution in [-0.2, 0) is 13.1 Å². The highest BCUT2D eigenvalue weighted by Crippen LogP contribution is 2.14. The third-order valence-electron chi connectivity index (χ3n) is 3.05. The van der Waals surface area contributed by atoms with Gasteiger partial charge < -0.3 is 10.1 Å². The molecule has 0 fully saturated rings. The standard InChI is InChI=1S/C17H17FN2O/c1-2-21-16-8-3-5-13(9-16)11-20-12-15-7-4-6-14(10-19)17(15)18/h3-9,20H,2,11-12H2,1H3. The van der Waals surface area contributed by atoms with Gasteiger partial charge in [0.2, 0.25) is 0 Å². The predicted molar refractivity (Wildman–Crippen MR) is 79.3 cm³/mol. The molecule has 0 aliphatic carbocycles. The van der Waals surface area contributed by atoms with Crippen molar-refractivity contribution in [1.29, 1.82) is 5.26 Å². The summed E-state index contributed by atoms with van der Waals surface area (Å²) in [5.41, 5.74) is 1.64. The van der Waals surface area contributed by atoms with E-state index in [1.807, 2.05) is 37.3 Å². The fraction of sp³-hybridized carbons (Fsp3) is 0.235. The molecule has 3 nitrogen and oxygen atoms in total. The van der Waals surface area contributed by atoms with Gasteiger partial charge in [-0.2, -0.15) is 5.26 Å². The van der Waals surface area contributed by atoms with Crippen LogP contribution in [0.2, 0.25) is 0 Å². The van der Waals surface area contributed by atoms with Crippen molar-refractivity contribution in [2.75, 3.05) is 6.61 Å². The zero-order valence-electron chi connectivity index (χ0n) is 11.9. The summed E-state index contributed by atoms with van der Waals surface area (Å²) >= 11 is 0. The van der Waals surface area contributed by atoms with E-state index in [0.717, 1.165) is 11.3 Å². The molecular weight excluding hydrogens is 267 g/mol. The fourth-order valence-corrected chi connectivity index (χ4v) is 2.06. The normalized spacial score (nSPS) is 10.1. The van der Waals surface area contributed by atoms with Gasteiger partial charge in [0.1, 0.15) is 17.6 Å². The molecule has 0 bridgehead atoms. The third kappa shape index (κ3) is 4.04. The van der Waals surface area contributed by atoms with Crippen LogP contribution in [0.4, 0.5) is 4.39 Å². The molecule has 2 aromatic carbocycles. The summed E-state index contributed by atoms with van der Waals surface area (Å²) < 4.78 is 19.3. The molecule has 0 radical (unpaired) electrons. The Balaban J connectivity index is 1.96. The van der Waals surface area contributed by atoms with Crippen molar-refractivity contribution in [3.8, 4) is 11.8 Å². The van der Waals surface area contributed by atoms with E-state index in [-0.39, 0.29) is 5.56 Å². The second-order valence-corrected chi connectivity index (χ2v) is 4.57. The van der Waals surface area contributed by atoms with E-state index in [2.05, 4.69) is 5.32 Å². The predicted octanol–water partition coefficient (Wildman–Crippen LogP) is 3.39. The number of nitrogens with zero attached hydrogens (tertiary/aromatic N) is 1. The number of ether oxygens (including phenoxy) is 1. The summed E-state index contributed by atoms with van der Waals surface area (Å²) in [6, 6.07) is 14.5. The summed E-state index contributed by atoms with van der Waals surface area (Å²) in [6.07, 6.45) is 0. The van der Waals surface area contributed by atoms with Gasteiger partial charge in [0.05, 0.1) is 12.2 Å². The Kier molecular flexibility index (Phi) is 5.30. The SMILES string of the molecule is CCOc1cccc(CNCc2cccc(C#N)c2F)c1. The van der Waals surface area contributed by atoms with Crippen molar-refractivity contribution in [3.05, 3.63) is 65.0 Å². The highest BCUT2D eigenvalue weighted by atomic mass is 19.1. The number of halogens is 1. The van der Waals surface area contributed by atoms with Crippen molar-refractivity contribution in [1.82, 2.24) is 5.32 Å². The van der Waals surface area contributed by atoms with Crippen LogP contribution in [0.15, 0.2) is 42.5 Å². The van der Waals surface area contributed by atoms with E-state index in [0.29, 0.717) is 25.3 Å². The molecule has 0 spiro atoms. The van der Waals surface area contributed by atoms with Gasteiger partial charge >= 0.3 is 0 Å². The first-order valence-electron chi connectivity index (χ1n) is 6.84. The number of benzene rings is 2. The average Bonchev–Trinajstić information content (AvgIpc) is 2.50. The Morgan fingerprint density at radius 1 is 1.19 bits per heavy atom. The molecule has 108 valence electrons. The minimum atomic E-state index is -0.449. The van der Waals surface area contributed by atoms with Gasteiger partial charge in [-0.15, -0.1) is 0 Å². The lowest BCUT2D eigenvalue weighted by atomic mass is 10.1. The Hall–Kier alpha value is -2.38. The molecule has 21 heavy (non-hydrogen) atoms. The molecule has 0 saturated heterocycles. The van der Waals surface area contributed by atoms with E-state index in [9.17, 15) is 4.39 Å². The molecule has 1 N–H and O–H groups in total. The molecule has 2 aromatic rings. The summed E-state index contributed by atoms with van der Waals surface area (Å²) in [7, 11) is 0. The fourth-order valence-electron chi connectivity index (χ4n) is 2.06. The van der Waals surface area contributed by atoms with E-state index in [1.165, 1.54) is 6.07 Å². The van der Waals surface area contributed by atoms with Crippen LogP contribution in [0.3, 0.4) is 0 Å². The van der Waals surface area contributed by atoms with Crippen LogP contribution >= 0.6 is 0 Å². The summed E-state index contributed by atoms with van der Waals surface area (Å²) in [4.78, 5) is 0. The summed E-state index contributed by atoms with van der Waals surface area (Å²) in [5.74, 6) is 0.380. The first kappa shape index (κ1) is 15.0. The molecule has 0 aliphatic rings. The van der Waals surface area contributed by atoms with Gasteiger partial charge in [0.15, 0.2) is 0 Å². The lowest BCUT2D eigenvalue weighted by molar-refractivity contribution is 0.340. The monoisotopic (exact) mass is 284 g/mol. The summed E-state index contributed by atoms with van der Waals surface area (Å²) in [5, 5.41) is 12.0. The lowest BCUT2D eigenvalue weighted by Crippen LogP contribution is -2.14. The maximum atomic E-state index is 13.9. The van der Waals surface area contributed by atoms with Crippen LogP contribution in [-0.4, -0.2) is 6.61 Å². The Labute approximate surface area is 124 Å². The number of hydrogen-bond donors (Lipinski definition) is 1. The molecule has 0 amide bonds. The van der Waals surface area contributed by atoms with Crippen molar-refractivity contribution in [2.45, 2.75) is 20.0 Å². The van der Waals surface area contributed by atoms with Gasteiger partial charge in [0, 0.05) is 18.7 Å². The Morgan fingerprint density at radius 2 is 2.00 bits per heavy atom. The quantitative estimate of drug-likeness (QED) is 0.884. The van der Waals surface area contributed by atoms with Gasteiger partial charge in [-0.05, 0) is 30.7 Å². The van der Waals surface area contributed by atoms with Crippen LogP contribution in [0.1, 0.15) is 23.6 Å². The molecule has 2 rings (SSSR count). The molecule has 0 unspecified atom stereocenters. The van der Waals surface area contributed by atoms with Crippen LogP contribution < -0.4 is 10.1 Å². The zero-order valence-corrected chi connectivity index (χ0v) is 11.9. The Morgan fingerprint density at radius 3 is 2.76 bits per heavy atom. The van der Waals surface area contributed by atoms with Crippen molar-refractivity contribution in [3.63, 3.8) is 0 Å². The van der Waals surface area contributed by atoms with Crippen LogP contribution in [0.5, 0.6) is 5.75 Å². The van der Waals surface area contributed by atoms with E-state index >= 15 is 0 Å². The average molecular weight is 284 g/mol. The van der Waals surface area contributed by atoms with Gasteiger partial charge in [-0.1, -0.05) is 24.3 Å². The largest absolute Gasteiger partial charge is 0.494 e. The molecule has 0 atom stereocenters. The Bertz CT molecular complexity index is 649. The van der Waals surface area contributed by atoms with Crippen molar-refractivity contribution < 1.29 is 9.13 Å². The van der Waals surface area contributed by atoms with Gasteiger partial charge in [0.25, 0.3) is 0 Å². The summed E-state index contributed by atoms with van der Waals surface area (Å²) in [6.45, 7) is 3.55. The third-order valence-corrected chi connectivity index (χ3v) is 3.05. The smallest absolute Gasteiger partial charge is 0.145 e. The van der Waals surface area contributed by atoms with Crippen LogP contribution in [0, 0.1) is 17.1 Å². The molecule has 4 heteroatoms. The maximum Gasteiger partial charge on any atom is 0.145 e. The van der Waals surface area contributed by atoms with Crippen LogP contribution in [0.25, 0.3) is 0 Å². The molecule has 0 aromatic heterocycles. The highest BCUT2D eigenvalue weighted by Gasteiger charge is 2.06. The van der Waals surface area contributed by atoms with Gasteiger partial charge in [-0.3, -0.25) is 0 Å². The van der Waals surface area contributed by atoms with E-state index in [4.69, 9.17) is 10.00 Å². The first-order chi connectivity index (χ1) is 10.2. The number of hydrogen-bond acceptors (Lipinski definition) is 3. The molecule has 0 aliphatic heterocycles. The molecular formula is C17H17FN2O. The molecule has 0 heterocycles. The van der Waals surface area contributed by atoms with Gasteiger partial charge in [-0.25, -0.2) is 4.39 Å². The van der Waals surface area contributed by atoms with Crippen molar-refractivity contribution >= 4 is 0 Å². The van der Waals surface area contributed by atoms with E-state index in [1.54, 1.807) is 12.1 Å². The van der Waals surface area contributed by atoms with Crippen molar-refractivity contribution in [2.24, 2.45) is 0 Å². The minimum Gasteiger partial charge on any atom is -0.494 e. The number of nitriles is 1. The lowest BCUT2D eigenvalue weighted by Gasteiger charge is -2.08. The maximum absolute atomic E-state index is 13.9.